The van der Waals surface area contributed by atoms with Crippen molar-refractivity contribution in [3.05, 3.63) is 65.7 Å². The lowest BCUT2D eigenvalue weighted by molar-refractivity contribution is -0.131. The SMILES string of the molecule is CCCC(=O)N[C@@H](c1ccc(OC)c(OC)c1)c1c(OC(C)=O)ccc2ccccc12. The largest absolute Gasteiger partial charge is 0.493 e. The van der Waals surface area contributed by atoms with E-state index in [4.69, 9.17) is 14.2 Å². The normalized spacial score (nSPS) is 11.6. The molecule has 1 N–H and O–H groups in total. The highest BCUT2D eigenvalue weighted by Crippen LogP contribution is 2.39. The standard InChI is InChI=1S/C25H27NO5/c1-5-8-23(28)26-25(18-12-13-20(29-3)22(15-18)30-4)24-19-10-7-6-9-17(19)11-14-21(24)31-16(2)27/h6-7,9-15,25H,5,8H2,1-4H3,(H,26,28)/t25-/m0/s1. The zero-order valence-corrected chi connectivity index (χ0v) is 18.2. The molecule has 3 aromatic rings. The molecule has 6 heteroatoms. The van der Waals surface area contributed by atoms with Gasteiger partial charge in [0.1, 0.15) is 5.75 Å². The van der Waals surface area contributed by atoms with Crippen LogP contribution in [0.2, 0.25) is 0 Å². The third-order valence-corrected chi connectivity index (χ3v) is 5.00. The molecule has 0 unspecified atom stereocenters. The summed E-state index contributed by atoms with van der Waals surface area (Å²) in [6.07, 6.45) is 1.11. The van der Waals surface area contributed by atoms with E-state index >= 15 is 0 Å². The smallest absolute Gasteiger partial charge is 0.308 e. The average Bonchev–Trinajstić information content (AvgIpc) is 2.77. The lowest BCUT2D eigenvalue weighted by atomic mass is 9.92. The Morgan fingerprint density at radius 2 is 1.65 bits per heavy atom. The molecule has 0 aromatic heterocycles. The summed E-state index contributed by atoms with van der Waals surface area (Å²) in [5.74, 6) is 1.02. The van der Waals surface area contributed by atoms with Crippen molar-refractivity contribution in [1.29, 1.82) is 0 Å². The van der Waals surface area contributed by atoms with E-state index in [1.807, 2.05) is 49.4 Å². The first-order valence-corrected chi connectivity index (χ1v) is 10.2. The van der Waals surface area contributed by atoms with Crippen LogP contribution in [-0.4, -0.2) is 26.1 Å². The van der Waals surface area contributed by atoms with Crippen LogP contribution in [0.4, 0.5) is 0 Å². The van der Waals surface area contributed by atoms with Crippen LogP contribution < -0.4 is 19.5 Å². The average molecular weight is 421 g/mol. The van der Waals surface area contributed by atoms with Gasteiger partial charge in [-0.15, -0.1) is 0 Å². The molecule has 162 valence electrons. The maximum Gasteiger partial charge on any atom is 0.308 e. The van der Waals surface area contributed by atoms with Gasteiger partial charge in [-0.3, -0.25) is 9.59 Å². The fourth-order valence-corrected chi connectivity index (χ4v) is 3.63. The molecule has 3 rings (SSSR count). The summed E-state index contributed by atoms with van der Waals surface area (Å²) in [6.45, 7) is 3.31. The maximum atomic E-state index is 12.7. The summed E-state index contributed by atoms with van der Waals surface area (Å²) in [4.78, 5) is 24.5. The number of methoxy groups -OCH3 is 2. The lowest BCUT2D eigenvalue weighted by Gasteiger charge is -2.24. The predicted molar refractivity (Wildman–Crippen MR) is 120 cm³/mol. The number of ether oxygens (including phenoxy) is 3. The molecule has 0 aliphatic heterocycles. The van der Waals surface area contributed by atoms with Crippen LogP contribution in [0, 0.1) is 0 Å². The molecular weight excluding hydrogens is 394 g/mol. The van der Waals surface area contributed by atoms with Gasteiger partial charge in [0.2, 0.25) is 5.91 Å². The Labute approximate surface area is 182 Å². The third kappa shape index (κ3) is 4.97. The van der Waals surface area contributed by atoms with Gasteiger partial charge < -0.3 is 19.5 Å². The molecule has 0 saturated carbocycles. The van der Waals surface area contributed by atoms with Gasteiger partial charge >= 0.3 is 5.97 Å². The Morgan fingerprint density at radius 3 is 2.32 bits per heavy atom. The summed E-state index contributed by atoms with van der Waals surface area (Å²) >= 11 is 0. The molecule has 3 aromatic carbocycles. The van der Waals surface area contributed by atoms with Crippen molar-refractivity contribution in [2.45, 2.75) is 32.7 Å². The van der Waals surface area contributed by atoms with Crippen LogP contribution in [0.5, 0.6) is 17.2 Å². The van der Waals surface area contributed by atoms with Crippen LogP contribution in [0.25, 0.3) is 10.8 Å². The highest BCUT2D eigenvalue weighted by Gasteiger charge is 2.25. The number of nitrogens with one attached hydrogen (secondary N) is 1. The van der Waals surface area contributed by atoms with E-state index in [0.717, 1.165) is 22.8 Å². The highest BCUT2D eigenvalue weighted by molar-refractivity contribution is 5.90. The van der Waals surface area contributed by atoms with E-state index < -0.39 is 12.0 Å². The van der Waals surface area contributed by atoms with E-state index in [1.54, 1.807) is 26.4 Å². The minimum Gasteiger partial charge on any atom is -0.493 e. The Morgan fingerprint density at radius 1 is 0.935 bits per heavy atom. The Kier molecular flexibility index (Phi) is 7.13. The molecular formula is C25H27NO5. The van der Waals surface area contributed by atoms with Gasteiger partial charge in [0, 0.05) is 18.9 Å². The Hall–Kier alpha value is -3.54. The summed E-state index contributed by atoms with van der Waals surface area (Å²) < 4.78 is 16.4. The minimum absolute atomic E-state index is 0.0935. The maximum absolute atomic E-state index is 12.7. The molecule has 6 nitrogen and oxygen atoms in total. The van der Waals surface area contributed by atoms with Crippen molar-refractivity contribution in [2.75, 3.05) is 14.2 Å². The Balaban J connectivity index is 2.25. The van der Waals surface area contributed by atoms with E-state index in [9.17, 15) is 9.59 Å². The van der Waals surface area contributed by atoms with Crippen LogP contribution >= 0.6 is 0 Å². The van der Waals surface area contributed by atoms with Crippen molar-refractivity contribution < 1.29 is 23.8 Å². The molecule has 0 spiro atoms. The Bertz CT molecular complexity index is 1090. The summed E-state index contributed by atoms with van der Waals surface area (Å²) in [7, 11) is 3.13. The van der Waals surface area contributed by atoms with Crippen LogP contribution in [0.15, 0.2) is 54.6 Å². The monoisotopic (exact) mass is 421 g/mol. The minimum atomic E-state index is -0.556. The fourth-order valence-electron chi connectivity index (χ4n) is 3.63. The van der Waals surface area contributed by atoms with Crippen molar-refractivity contribution in [2.24, 2.45) is 0 Å². The molecule has 0 bridgehead atoms. The first-order valence-electron chi connectivity index (χ1n) is 10.2. The zero-order valence-electron chi connectivity index (χ0n) is 18.2. The molecule has 1 amide bonds. The number of fused-ring (bicyclic) bond motifs is 1. The second kappa shape index (κ2) is 9.98. The van der Waals surface area contributed by atoms with E-state index in [0.29, 0.717) is 29.2 Å². The summed E-state index contributed by atoms with van der Waals surface area (Å²) in [5.41, 5.74) is 1.50. The number of hydrogen-bond acceptors (Lipinski definition) is 5. The van der Waals surface area contributed by atoms with Gasteiger partial charge in [-0.25, -0.2) is 0 Å². The number of amides is 1. The molecule has 1 atom stereocenters. The zero-order chi connectivity index (χ0) is 22.4. The quantitative estimate of drug-likeness (QED) is 0.418. The topological polar surface area (TPSA) is 73.9 Å². The van der Waals surface area contributed by atoms with Crippen molar-refractivity contribution >= 4 is 22.6 Å². The summed E-state index contributed by atoms with van der Waals surface area (Å²) in [6, 6.07) is 16.4. The lowest BCUT2D eigenvalue weighted by Crippen LogP contribution is -2.29. The third-order valence-electron chi connectivity index (χ3n) is 5.00. The van der Waals surface area contributed by atoms with Gasteiger partial charge in [-0.1, -0.05) is 43.3 Å². The number of benzene rings is 3. The number of hydrogen-bond donors (Lipinski definition) is 1. The highest BCUT2D eigenvalue weighted by atomic mass is 16.5. The molecule has 0 heterocycles. The molecule has 31 heavy (non-hydrogen) atoms. The van der Waals surface area contributed by atoms with Gasteiger partial charge in [0.05, 0.1) is 20.3 Å². The van der Waals surface area contributed by atoms with Gasteiger partial charge in [0.15, 0.2) is 11.5 Å². The number of carbonyl (C=O) groups excluding carboxylic acids is 2. The predicted octanol–water partition coefficient (Wildman–Crippen LogP) is 4.79. The number of esters is 1. The molecule has 0 aliphatic rings. The molecule has 0 fully saturated rings. The molecule has 0 radical (unpaired) electrons. The molecule has 0 aliphatic carbocycles. The number of carbonyl (C=O) groups is 2. The van der Waals surface area contributed by atoms with Crippen molar-refractivity contribution in [3.63, 3.8) is 0 Å². The second-order valence-corrected chi connectivity index (χ2v) is 7.16. The van der Waals surface area contributed by atoms with E-state index in [2.05, 4.69) is 5.32 Å². The van der Waals surface area contributed by atoms with Gasteiger partial charge in [-0.05, 0) is 41.0 Å². The first kappa shape index (κ1) is 22.2. The van der Waals surface area contributed by atoms with Crippen molar-refractivity contribution in [3.8, 4) is 17.2 Å². The van der Waals surface area contributed by atoms with Crippen LogP contribution in [-0.2, 0) is 9.59 Å². The fraction of sp³-hybridized carbons (Fsp3) is 0.280. The van der Waals surface area contributed by atoms with Gasteiger partial charge in [0.25, 0.3) is 0 Å². The van der Waals surface area contributed by atoms with Gasteiger partial charge in [-0.2, -0.15) is 0 Å². The first-order chi connectivity index (χ1) is 15.0. The van der Waals surface area contributed by atoms with Crippen LogP contribution in [0.1, 0.15) is 43.9 Å². The molecule has 0 saturated heterocycles. The number of rotatable bonds is 8. The van der Waals surface area contributed by atoms with Crippen LogP contribution in [0.3, 0.4) is 0 Å². The second-order valence-electron chi connectivity index (χ2n) is 7.16. The van der Waals surface area contributed by atoms with Crippen molar-refractivity contribution in [1.82, 2.24) is 5.32 Å². The van der Waals surface area contributed by atoms with E-state index in [1.165, 1.54) is 6.92 Å². The summed E-state index contributed by atoms with van der Waals surface area (Å²) in [5, 5.41) is 4.98. The van der Waals surface area contributed by atoms with E-state index in [-0.39, 0.29) is 5.91 Å².